The summed E-state index contributed by atoms with van der Waals surface area (Å²) >= 11 is 0. The predicted octanol–water partition coefficient (Wildman–Crippen LogP) is 2.66. The number of hydrogen-bond donors (Lipinski definition) is 0. The minimum Gasteiger partial charge on any atom is -0.332 e. The van der Waals surface area contributed by atoms with Gasteiger partial charge in [-0.2, -0.15) is 5.10 Å². The zero-order valence-corrected chi connectivity index (χ0v) is 14.4. The van der Waals surface area contributed by atoms with Gasteiger partial charge in [-0.25, -0.2) is 0 Å². The van der Waals surface area contributed by atoms with Gasteiger partial charge in [0.15, 0.2) is 5.69 Å². The van der Waals surface area contributed by atoms with Gasteiger partial charge in [-0.3, -0.25) is 14.4 Å². The van der Waals surface area contributed by atoms with Crippen LogP contribution >= 0.6 is 0 Å². The van der Waals surface area contributed by atoms with E-state index in [9.17, 15) is 4.79 Å². The zero-order valence-electron chi connectivity index (χ0n) is 14.4. The Balaban J connectivity index is 1.56. The Labute approximate surface area is 138 Å². The second kappa shape index (κ2) is 5.62. The fraction of sp³-hybridized carbons (Fsp3) is 0.778. The lowest BCUT2D eigenvalue weighted by atomic mass is 9.99. The molecule has 5 heteroatoms. The number of likely N-dealkylation sites (tertiary alicyclic amines) is 1. The molecule has 1 amide bonds. The quantitative estimate of drug-likeness (QED) is 0.842. The highest BCUT2D eigenvalue weighted by Crippen LogP contribution is 2.48. The molecule has 0 aromatic carbocycles. The number of amides is 1. The molecule has 126 valence electrons. The van der Waals surface area contributed by atoms with Gasteiger partial charge in [-0.1, -0.05) is 0 Å². The molecule has 0 unspecified atom stereocenters. The van der Waals surface area contributed by atoms with Crippen LogP contribution in [0.5, 0.6) is 0 Å². The predicted molar refractivity (Wildman–Crippen MR) is 89.2 cm³/mol. The molecule has 2 aliphatic heterocycles. The number of carbonyl (C=O) groups excluding carboxylic acids is 1. The van der Waals surface area contributed by atoms with Gasteiger partial charge in [0, 0.05) is 37.8 Å². The number of hydrogen-bond acceptors (Lipinski definition) is 3. The van der Waals surface area contributed by atoms with Gasteiger partial charge < -0.3 is 4.90 Å². The summed E-state index contributed by atoms with van der Waals surface area (Å²) in [6.45, 7) is 8.34. The third-order valence-electron chi connectivity index (χ3n) is 5.91. The van der Waals surface area contributed by atoms with Crippen LogP contribution in [0.1, 0.15) is 68.6 Å². The molecule has 0 N–H and O–H groups in total. The van der Waals surface area contributed by atoms with E-state index in [4.69, 9.17) is 0 Å². The zero-order chi connectivity index (χ0) is 16.0. The third-order valence-corrected chi connectivity index (χ3v) is 5.91. The number of rotatable bonds is 2. The molecular formula is C18H28N4O. The molecule has 1 saturated carbocycles. The minimum absolute atomic E-state index is 0.166. The third kappa shape index (κ3) is 2.69. The second-order valence-electron chi connectivity index (χ2n) is 7.80. The van der Waals surface area contributed by atoms with Crippen LogP contribution < -0.4 is 0 Å². The lowest BCUT2D eigenvalue weighted by Crippen LogP contribution is -2.45. The molecular weight excluding hydrogens is 288 g/mol. The summed E-state index contributed by atoms with van der Waals surface area (Å²) in [6, 6.07) is 2.58. The molecule has 1 aromatic heterocycles. The molecule has 1 aliphatic carbocycles. The lowest BCUT2D eigenvalue weighted by molar-refractivity contribution is 0.0566. The number of aryl methyl sites for hydroxylation is 1. The molecule has 3 aliphatic rings. The first-order valence-corrected chi connectivity index (χ1v) is 9.22. The van der Waals surface area contributed by atoms with Gasteiger partial charge in [-0.15, -0.1) is 0 Å². The van der Waals surface area contributed by atoms with Gasteiger partial charge in [-0.05, 0) is 58.4 Å². The van der Waals surface area contributed by atoms with E-state index in [0.29, 0.717) is 11.7 Å². The summed E-state index contributed by atoms with van der Waals surface area (Å²) in [6.07, 6.45) is 7.08. The van der Waals surface area contributed by atoms with E-state index in [2.05, 4.69) is 33.4 Å². The molecule has 2 fully saturated rings. The highest BCUT2D eigenvalue weighted by atomic mass is 16.2. The van der Waals surface area contributed by atoms with E-state index < -0.39 is 0 Å². The summed E-state index contributed by atoms with van der Waals surface area (Å²) in [4.78, 5) is 17.6. The van der Waals surface area contributed by atoms with Crippen molar-refractivity contribution in [2.24, 2.45) is 0 Å². The van der Waals surface area contributed by atoms with Gasteiger partial charge in [0.1, 0.15) is 0 Å². The van der Waals surface area contributed by atoms with Crippen molar-refractivity contribution < 1.29 is 4.79 Å². The molecule has 0 radical (unpaired) electrons. The first kappa shape index (κ1) is 15.2. The van der Waals surface area contributed by atoms with E-state index in [0.717, 1.165) is 39.0 Å². The van der Waals surface area contributed by atoms with E-state index in [1.165, 1.54) is 31.4 Å². The van der Waals surface area contributed by atoms with Crippen molar-refractivity contribution in [1.82, 2.24) is 19.6 Å². The number of piperidine rings is 1. The van der Waals surface area contributed by atoms with Crippen molar-refractivity contribution >= 4 is 5.91 Å². The first-order chi connectivity index (χ1) is 11.1. The number of fused-ring (bicyclic) bond motifs is 1. The summed E-state index contributed by atoms with van der Waals surface area (Å²) < 4.78 is 2.07. The lowest BCUT2D eigenvalue weighted by Gasteiger charge is -2.35. The highest BCUT2D eigenvalue weighted by molar-refractivity contribution is 5.93. The Morgan fingerprint density at radius 2 is 1.96 bits per heavy atom. The first-order valence-electron chi connectivity index (χ1n) is 9.22. The molecule has 0 bridgehead atoms. The molecule has 23 heavy (non-hydrogen) atoms. The molecule has 3 heterocycles. The molecule has 0 atom stereocenters. The van der Waals surface area contributed by atoms with E-state index in [1.807, 2.05) is 6.07 Å². The van der Waals surface area contributed by atoms with Crippen LogP contribution in [0.3, 0.4) is 0 Å². The second-order valence-corrected chi connectivity index (χ2v) is 7.80. The van der Waals surface area contributed by atoms with E-state index in [-0.39, 0.29) is 11.4 Å². The minimum atomic E-state index is 0.166. The van der Waals surface area contributed by atoms with Crippen LogP contribution in [0.25, 0.3) is 0 Å². The Bertz CT molecular complexity index is 602. The summed E-state index contributed by atoms with van der Waals surface area (Å²) in [5.74, 6) is 0.166. The Kier molecular flexibility index (Phi) is 3.71. The average Bonchev–Trinajstić information content (AvgIpc) is 3.23. The van der Waals surface area contributed by atoms with Crippen LogP contribution in [0.4, 0.5) is 0 Å². The molecule has 4 rings (SSSR count). The summed E-state index contributed by atoms with van der Waals surface area (Å²) in [5, 5.41) is 4.67. The standard InChI is InChI=1S/C18H28N4O/c1-14(2)20-9-5-11-22-15(13-20)12-16(19-22)17(23)21-10-4-3-6-18(21)7-8-18/h12,14H,3-11,13H2,1-2H3. The normalized spacial score (nSPS) is 23.9. The van der Waals surface area contributed by atoms with E-state index >= 15 is 0 Å². The fourth-order valence-electron chi connectivity index (χ4n) is 4.25. The average molecular weight is 316 g/mol. The number of carbonyl (C=O) groups is 1. The number of aromatic nitrogens is 2. The SMILES string of the molecule is CC(C)N1CCCn2nc(C(=O)N3CCCCC34CC4)cc2C1. The van der Waals surface area contributed by atoms with Gasteiger partial charge in [0.2, 0.25) is 0 Å². The largest absolute Gasteiger partial charge is 0.332 e. The summed E-state index contributed by atoms with van der Waals surface area (Å²) in [5.41, 5.74) is 2.06. The maximum absolute atomic E-state index is 13.0. The summed E-state index contributed by atoms with van der Waals surface area (Å²) in [7, 11) is 0. The maximum Gasteiger partial charge on any atom is 0.274 e. The fourth-order valence-corrected chi connectivity index (χ4v) is 4.25. The van der Waals surface area contributed by atoms with Crippen molar-refractivity contribution in [3.05, 3.63) is 17.5 Å². The van der Waals surface area contributed by atoms with Gasteiger partial charge in [0.25, 0.3) is 5.91 Å². The molecule has 1 aromatic rings. The molecule has 1 spiro atoms. The maximum atomic E-state index is 13.0. The van der Waals surface area contributed by atoms with Crippen molar-refractivity contribution in [3.8, 4) is 0 Å². The highest BCUT2D eigenvalue weighted by Gasteiger charge is 2.51. The Hall–Kier alpha value is -1.36. The topological polar surface area (TPSA) is 41.4 Å². The molecule has 1 saturated heterocycles. The smallest absolute Gasteiger partial charge is 0.274 e. The number of nitrogens with zero attached hydrogens (tertiary/aromatic N) is 4. The van der Waals surface area contributed by atoms with Crippen LogP contribution in [-0.4, -0.2) is 50.2 Å². The van der Waals surface area contributed by atoms with Crippen LogP contribution in [0.2, 0.25) is 0 Å². The van der Waals surface area contributed by atoms with Gasteiger partial charge in [0.05, 0.1) is 5.69 Å². The van der Waals surface area contributed by atoms with Crippen molar-refractivity contribution in [3.63, 3.8) is 0 Å². The van der Waals surface area contributed by atoms with Crippen LogP contribution in [0.15, 0.2) is 6.07 Å². The van der Waals surface area contributed by atoms with Crippen molar-refractivity contribution in [1.29, 1.82) is 0 Å². The monoisotopic (exact) mass is 316 g/mol. The van der Waals surface area contributed by atoms with E-state index in [1.54, 1.807) is 0 Å². The van der Waals surface area contributed by atoms with Crippen LogP contribution in [-0.2, 0) is 13.1 Å². The van der Waals surface area contributed by atoms with Crippen molar-refractivity contribution in [2.75, 3.05) is 13.1 Å². The Morgan fingerprint density at radius 3 is 2.70 bits per heavy atom. The van der Waals surface area contributed by atoms with Crippen LogP contribution in [0, 0.1) is 0 Å². The van der Waals surface area contributed by atoms with Crippen molar-refractivity contribution in [2.45, 2.75) is 77.0 Å². The molecule has 5 nitrogen and oxygen atoms in total. The Morgan fingerprint density at radius 1 is 1.13 bits per heavy atom. The van der Waals surface area contributed by atoms with Gasteiger partial charge >= 0.3 is 0 Å².